The van der Waals surface area contributed by atoms with Gasteiger partial charge in [-0.25, -0.2) is 0 Å². The van der Waals surface area contributed by atoms with Crippen LogP contribution in [0.2, 0.25) is 0 Å². The number of aliphatic hydroxyl groups is 4. The van der Waals surface area contributed by atoms with Gasteiger partial charge >= 0.3 is 0 Å². The molecule has 0 amide bonds. The number of aryl methyl sites for hydroxylation is 1. The SMILES string of the molecule is COc1ccc([C@@H]2O[C@H](CO)[C@@H](O)[C@H](O)[C@H]2O)cc1Cc1ccc(C)cc1. The molecular formula is C21H26O6. The molecule has 0 aromatic heterocycles. The maximum Gasteiger partial charge on any atom is 0.122 e. The molecule has 146 valence electrons. The first-order chi connectivity index (χ1) is 12.9. The quantitative estimate of drug-likeness (QED) is 0.626. The Hall–Kier alpha value is -1.96. The van der Waals surface area contributed by atoms with Crippen LogP contribution >= 0.6 is 0 Å². The van der Waals surface area contributed by atoms with Gasteiger partial charge in [0.2, 0.25) is 0 Å². The molecule has 27 heavy (non-hydrogen) atoms. The van der Waals surface area contributed by atoms with Crippen molar-refractivity contribution in [2.24, 2.45) is 0 Å². The van der Waals surface area contributed by atoms with Crippen LogP contribution in [0.4, 0.5) is 0 Å². The van der Waals surface area contributed by atoms with Gasteiger partial charge in [-0.15, -0.1) is 0 Å². The van der Waals surface area contributed by atoms with Crippen molar-refractivity contribution in [3.63, 3.8) is 0 Å². The Bertz CT molecular complexity index is 758. The van der Waals surface area contributed by atoms with Crippen LogP contribution in [0.15, 0.2) is 42.5 Å². The second kappa shape index (κ2) is 8.37. The monoisotopic (exact) mass is 374 g/mol. The largest absolute Gasteiger partial charge is 0.496 e. The van der Waals surface area contributed by atoms with Crippen molar-refractivity contribution in [1.29, 1.82) is 0 Å². The van der Waals surface area contributed by atoms with Crippen LogP contribution in [-0.4, -0.2) is 58.6 Å². The van der Waals surface area contributed by atoms with Crippen LogP contribution < -0.4 is 4.74 Å². The minimum Gasteiger partial charge on any atom is -0.496 e. The van der Waals surface area contributed by atoms with Gasteiger partial charge in [0.05, 0.1) is 13.7 Å². The van der Waals surface area contributed by atoms with Crippen molar-refractivity contribution in [3.8, 4) is 5.75 Å². The summed E-state index contributed by atoms with van der Waals surface area (Å²) in [6.45, 7) is 1.58. The van der Waals surface area contributed by atoms with Gasteiger partial charge in [0.15, 0.2) is 0 Å². The van der Waals surface area contributed by atoms with E-state index in [1.54, 1.807) is 19.2 Å². The molecule has 6 heteroatoms. The minimum atomic E-state index is -1.40. The molecule has 1 aliphatic heterocycles. The van der Waals surface area contributed by atoms with Gasteiger partial charge in [-0.1, -0.05) is 35.9 Å². The number of ether oxygens (including phenoxy) is 2. The first-order valence-electron chi connectivity index (χ1n) is 8.97. The van der Waals surface area contributed by atoms with E-state index in [4.69, 9.17) is 9.47 Å². The highest BCUT2D eigenvalue weighted by Crippen LogP contribution is 2.35. The zero-order valence-corrected chi connectivity index (χ0v) is 15.4. The number of hydrogen-bond donors (Lipinski definition) is 4. The molecule has 0 bridgehead atoms. The van der Waals surface area contributed by atoms with E-state index in [1.807, 2.05) is 25.1 Å². The van der Waals surface area contributed by atoms with Gasteiger partial charge in [-0.05, 0) is 35.7 Å². The Morgan fingerprint density at radius 2 is 1.67 bits per heavy atom. The summed E-state index contributed by atoms with van der Waals surface area (Å²) in [4.78, 5) is 0. The lowest BCUT2D eigenvalue weighted by Crippen LogP contribution is -2.55. The first-order valence-corrected chi connectivity index (χ1v) is 8.97. The fourth-order valence-electron chi connectivity index (χ4n) is 3.42. The molecule has 2 aromatic carbocycles. The topological polar surface area (TPSA) is 99.4 Å². The molecular weight excluding hydrogens is 348 g/mol. The second-order valence-electron chi connectivity index (χ2n) is 6.98. The highest BCUT2D eigenvalue weighted by molar-refractivity contribution is 5.42. The van der Waals surface area contributed by atoms with Gasteiger partial charge in [0, 0.05) is 6.42 Å². The Labute approximate surface area is 158 Å². The molecule has 1 heterocycles. The zero-order valence-electron chi connectivity index (χ0n) is 15.4. The van der Waals surface area contributed by atoms with E-state index in [1.165, 1.54) is 5.56 Å². The summed E-state index contributed by atoms with van der Waals surface area (Å²) >= 11 is 0. The molecule has 1 aliphatic rings. The standard InChI is InChI=1S/C21H26O6/c1-12-3-5-13(6-4-12)9-15-10-14(7-8-16(15)26-2)21-20(25)19(24)18(23)17(11-22)27-21/h3-8,10,17-25H,9,11H2,1-2H3/t17-,18-,19+,20-,21+/m1/s1. The van der Waals surface area contributed by atoms with Gasteiger partial charge in [-0.2, -0.15) is 0 Å². The summed E-state index contributed by atoms with van der Waals surface area (Å²) in [6.07, 6.45) is -5.23. The van der Waals surface area contributed by atoms with E-state index < -0.39 is 37.1 Å². The van der Waals surface area contributed by atoms with Gasteiger partial charge in [0.1, 0.15) is 36.3 Å². The maximum atomic E-state index is 10.4. The lowest BCUT2D eigenvalue weighted by Gasteiger charge is -2.40. The molecule has 0 saturated carbocycles. The van der Waals surface area contributed by atoms with E-state index >= 15 is 0 Å². The third kappa shape index (κ3) is 4.15. The number of rotatable bonds is 5. The summed E-state index contributed by atoms with van der Waals surface area (Å²) in [6, 6.07) is 13.6. The number of hydrogen-bond acceptors (Lipinski definition) is 6. The van der Waals surface area contributed by atoms with Crippen LogP contribution in [0.3, 0.4) is 0 Å². The van der Waals surface area contributed by atoms with Crippen molar-refractivity contribution in [2.75, 3.05) is 13.7 Å². The van der Waals surface area contributed by atoms with Crippen molar-refractivity contribution >= 4 is 0 Å². The van der Waals surface area contributed by atoms with Crippen LogP contribution in [0.1, 0.15) is 28.4 Å². The third-order valence-corrected chi connectivity index (χ3v) is 5.04. The van der Waals surface area contributed by atoms with E-state index in [0.29, 0.717) is 17.7 Å². The van der Waals surface area contributed by atoms with Crippen LogP contribution in [0, 0.1) is 6.92 Å². The molecule has 0 unspecified atom stereocenters. The molecule has 1 fully saturated rings. The number of aliphatic hydroxyl groups excluding tert-OH is 4. The van der Waals surface area contributed by atoms with E-state index in [-0.39, 0.29) is 0 Å². The zero-order chi connectivity index (χ0) is 19.6. The van der Waals surface area contributed by atoms with Gasteiger partial charge in [-0.3, -0.25) is 0 Å². The average molecular weight is 374 g/mol. The van der Waals surface area contributed by atoms with Crippen LogP contribution in [-0.2, 0) is 11.2 Å². The maximum absolute atomic E-state index is 10.4. The smallest absolute Gasteiger partial charge is 0.122 e. The summed E-state index contributed by atoms with van der Waals surface area (Å²) < 4.78 is 11.1. The lowest BCUT2D eigenvalue weighted by atomic mass is 9.90. The molecule has 0 radical (unpaired) electrons. The van der Waals surface area contributed by atoms with E-state index in [2.05, 4.69) is 12.1 Å². The molecule has 5 atom stereocenters. The van der Waals surface area contributed by atoms with Crippen LogP contribution in [0.5, 0.6) is 5.75 Å². The highest BCUT2D eigenvalue weighted by Gasteiger charge is 2.44. The van der Waals surface area contributed by atoms with Crippen molar-refractivity contribution in [2.45, 2.75) is 43.9 Å². The second-order valence-corrected chi connectivity index (χ2v) is 6.98. The molecule has 1 saturated heterocycles. The van der Waals surface area contributed by atoms with Crippen molar-refractivity contribution in [1.82, 2.24) is 0 Å². The predicted molar refractivity (Wildman–Crippen MR) is 99.7 cm³/mol. The van der Waals surface area contributed by atoms with E-state index in [9.17, 15) is 20.4 Å². The molecule has 0 aliphatic carbocycles. The Morgan fingerprint density at radius 1 is 0.963 bits per heavy atom. The van der Waals surface area contributed by atoms with Gasteiger partial charge < -0.3 is 29.9 Å². The van der Waals surface area contributed by atoms with Crippen molar-refractivity contribution < 1.29 is 29.9 Å². The molecule has 6 nitrogen and oxygen atoms in total. The molecule has 4 N–H and O–H groups in total. The number of benzene rings is 2. The minimum absolute atomic E-state index is 0.451. The van der Waals surface area contributed by atoms with Gasteiger partial charge in [0.25, 0.3) is 0 Å². The fourth-order valence-corrected chi connectivity index (χ4v) is 3.42. The number of methoxy groups -OCH3 is 1. The van der Waals surface area contributed by atoms with Crippen LogP contribution in [0.25, 0.3) is 0 Å². The average Bonchev–Trinajstić information content (AvgIpc) is 2.68. The highest BCUT2D eigenvalue weighted by atomic mass is 16.5. The van der Waals surface area contributed by atoms with E-state index in [0.717, 1.165) is 11.1 Å². The summed E-state index contributed by atoms with van der Waals surface area (Å²) in [5.41, 5.74) is 3.86. The first kappa shape index (κ1) is 19.8. The Morgan fingerprint density at radius 3 is 2.30 bits per heavy atom. The molecule has 3 rings (SSSR count). The molecule has 0 spiro atoms. The summed E-state index contributed by atoms with van der Waals surface area (Å²) in [5, 5.41) is 39.8. The lowest BCUT2D eigenvalue weighted by molar-refractivity contribution is -0.231. The molecule has 2 aromatic rings. The predicted octanol–water partition coefficient (Wildman–Crippen LogP) is 1.11. The Balaban J connectivity index is 1.91. The van der Waals surface area contributed by atoms with Crippen molar-refractivity contribution in [3.05, 3.63) is 64.7 Å². The summed E-state index contributed by atoms with van der Waals surface area (Å²) in [5.74, 6) is 0.712. The Kier molecular flexibility index (Phi) is 6.14. The third-order valence-electron chi connectivity index (χ3n) is 5.04. The normalized spacial score (nSPS) is 28.1. The summed E-state index contributed by atoms with van der Waals surface area (Å²) in [7, 11) is 1.60. The fraction of sp³-hybridized carbons (Fsp3) is 0.429.